The highest BCUT2D eigenvalue weighted by Crippen LogP contribution is 2.16. The number of hydrogen-bond donors (Lipinski definition) is 0. The quantitative estimate of drug-likeness (QED) is 0.733. The molecule has 0 amide bonds. The highest BCUT2D eigenvalue weighted by atomic mass is 35.5. The van der Waals surface area contributed by atoms with Crippen molar-refractivity contribution >= 4 is 24.9 Å². The van der Waals surface area contributed by atoms with Crippen molar-refractivity contribution < 1.29 is 14.2 Å². The van der Waals surface area contributed by atoms with Crippen molar-refractivity contribution in [3.63, 3.8) is 0 Å². The first kappa shape index (κ1) is 11.8. The minimum absolute atomic E-state index is 0.0195. The lowest BCUT2D eigenvalue weighted by atomic mass is 9.96. The van der Waals surface area contributed by atoms with Crippen LogP contribution in [-0.4, -0.2) is 40.4 Å². The van der Waals surface area contributed by atoms with Crippen LogP contribution in [0.4, 0.5) is 0 Å². The molecule has 0 aliphatic carbocycles. The van der Waals surface area contributed by atoms with E-state index in [1.165, 1.54) is 0 Å². The van der Waals surface area contributed by atoms with Gasteiger partial charge in [-0.1, -0.05) is 23.1 Å². The highest BCUT2D eigenvalue weighted by Gasteiger charge is 2.14. The number of hydrogen-bond acceptors (Lipinski definition) is 3. The summed E-state index contributed by atoms with van der Waals surface area (Å²) in [5, 5.41) is 0.566. The van der Waals surface area contributed by atoms with Gasteiger partial charge in [0, 0.05) is 5.02 Å². The third-order valence-electron chi connectivity index (χ3n) is 2.21. The summed E-state index contributed by atoms with van der Waals surface area (Å²) >= 11 is 5.86. The second-order valence-corrected chi connectivity index (χ2v) is 4.04. The lowest BCUT2D eigenvalue weighted by Gasteiger charge is -2.23. The first-order chi connectivity index (χ1) is 7.74. The zero-order valence-electron chi connectivity index (χ0n) is 8.82. The minimum atomic E-state index is -0.0195. The molecular weight excluding hydrogens is 226 g/mol. The van der Waals surface area contributed by atoms with Crippen LogP contribution in [0.5, 0.6) is 5.75 Å². The topological polar surface area (TPSA) is 27.7 Å². The van der Waals surface area contributed by atoms with Gasteiger partial charge in [-0.3, -0.25) is 0 Å². The van der Waals surface area contributed by atoms with E-state index < -0.39 is 0 Å². The van der Waals surface area contributed by atoms with Crippen molar-refractivity contribution in [3.8, 4) is 5.75 Å². The van der Waals surface area contributed by atoms with Crippen LogP contribution in [0.2, 0.25) is 5.02 Å². The summed E-state index contributed by atoms with van der Waals surface area (Å²) in [5.74, 6) is 0.652. The summed E-state index contributed by atoms with van der Waals surface area (Å²) in [6, 6.07) is 5.13. The van der Waals surface area contributed by atoms with Gasteiger partial charge >= 0.3 is 0 Å². The standard InChI is InChI=1S/C11H12BClO3/c12-8-3-9(13)5-10(4-8)16-7-11-6-14-1-2-15-11/h3-5,11H,1-2,6-7H2. The average molecular weight is 238 g/mol. The van der Waals surface area contributed by atoms with Gasteiger partial charge in [-0.15, -0.1) is 0 Å². The van der Waals surface area contributed by atoms with Gasteiger partial charge < -0.3 is 14.2 Å². The summed E-state index contributed by atoms with van der Waals surface area (Å²) in [7, 11) is 5.65. The van der Waals surface area contributed by atoms with Gasteiger partial charge in [0.1, 0.15) is 26.3 Å². The largest absolute Gasteiger partial charge is 0.491 e. The first-order valence-electron chi connectivity index (χ1n) is 5.12. The van der Waals surface area contributed by atoms with Crippen LogP contribution in [0.1, 0.15) is 0 Å². The Hall–Kier alpha value is -0.705. The van der Waals surface area contributed by atoms with Crippen LogP contribution >= 0.6 is 11.6 Å². The van der Waals surface area contributed by atoms with E-state index in [9.17, 15) is 0 Å². The van der Waals surface area contributed by atoms with E-state index in [1.807, 2.05) is 0 Å². The molecule has 0 N–H and O–H groups in total. The lowest BCUT2D eigenvalue weighted by molar-refractivity contribution is -0.101. The molecule has 1 aromatic carbocycles. The van der Waals surface area contributed by atoms with Crippen LogP contribution < -0.4 is 10.2 Å². The van der Waals surface area contributed by atoms with Crippen molar-refractivity contribution in [1.29, 1.82) is 0 Å². The molecule has 1 atom stereocenters. The lowest BCUT2D eigenvalue weighted by Crippen LogP contribution is -2.33. The van der Waals surface area contributed by atoms with Crippen molar-refractivity contribution in [1.82, 2.24) is 0 Å². The normalized spacial score (nSPS) is 20.7. The first-order valence-corrected chi connectivity index (χ1v) is 5.50. The summed E-state index contributed by atoms with van der Waals surface area (Å²) in [6.45, 7) is 2.28. The second kappa shape index (κ2) is 5.57. The molecule has 0 spiro atoms. The fraction of sp³-hybridized carbons (Fsp3) is 0.455. The molecule has 1 unspecified atom stereocenters. The molecule has 2 radical (unpaired) electrons. The Morgan fingerprint density at radius 2 is 2.25 bits per heavy atom. The van der Waals surface area contributed by atoms with Crippen molar-refractivity contribution in [2.24, 2.45) is 0 Å². The van der Waals surface area contributed by atoms with Crippen LogP contribution in [0.25, 0.3) is 0 Å². The molecule has 1 aromatic rings. The van der Waals surface area contributed by atoms with Gasteiger partial charge in [0.15, 0.2) is 0 Å². The SMILES string of the molecule is [B]c1cc(Cl)cc(OCC2COCCO2)c1. The maximum atomic E-state index is 5.86. The predicted molar refractivity (Wildman–Crippen MR) is 62.9 cm³/mol. The van der Waals surface area contributed by atoms with Crippen molar-refractivity contribution in [3.05, 3.63) is 23.2 Å². The van der Waals surface area contributed by atoms with Gasteiger partial charge in [0.2, 0.25) is 0 Å². The Morgan fingerprint density at radius 3 is 2.94 bits per heavy atom. The summed E-state index contributed by atoms with van der Waals surface area (Å²) < 4.78 is 16.2. The maximum Gasteiger partial charge on any atom is 0.120 e. The number of halogens is 1. The molecule has 0 bridgehead atoms. The third-order valence-corrected chi connectivity index (χ3v) is 2.43. The zero-order chi connectivity index (χ0) is 11.4. The molecule has 0 saturated carbocycles. The predicted octanol–water partition coefficient (Wildman–Crippen LogP) is 0.928. The minimum Gasteiger partial charge on any atom is -0.491 e. The van der Waals surface area contributed by atoms with Gasteiger partial charge in [-0.2, -0.15) is 0 Å². The Labute approximate surface area is 101 Å². The van der Waals surface area contributed by atoms with Crippen LogP contribution in [0.3, 0.4) is 0 Å². The average Bonchev–Trinajstić information content (AvgIpc) is 2.27. The highest BCUT2D eigenvalue weighted by molar-refractivity contribution is 6.36. The Bertz CT molecular complexity index is 333. The molecule has 1 heterocycles. The summed E-state index contributed by atoms with van der Waals surface area (Å²) in [6.07, 6.45) is -0.0195. The van der Waals surface area contributed by atoms with Gasteiger partial charge in [-0.25, -0.2) is 0 Å². The second-order valence-electron chi connectivity index (χ2n) is 3.60. The monoisotopic (exact) mass is 238 g/mol. The van der Waals surface area contributed by atoms with Gasteiger partial charge in [-0.05, 0) is 12.1 Å². The third kappa shape index (κ3) is 3.40. The van der Waals surface area contributed by atoms with Gasteiger partial charge in [0.05, 0.1) is 19.8 Å². The molecule has 1 aliphatic rings. The van der Waals surface area contributed by atoms with E-state index >= 15 is 0 Å². The smallest absolute Gasteiger partial charge is 0.120 e. The van der Waals surface area contributed by atoms with Crippen LogP contribution in [0, 0.1) is 0 Å². The van der Waals surface area contributed by atoms with E-state index in [4.69, 9.17) is 33.7 Å². The number of benzene rings is 1. The Kier molecular flexibility index (Phi) is 4.10. The van der Waals surface area contributed by atoms with E-state index in [2.05, 4.69) is 0 Å². The summed E-state index contributed by atoms with van der Waals surface area (Å²) in [4.78, 5) is 0. The molecule has 5 heteroatoms. The fourth-order valence-corrected chi connectivity index (χ4v) is 1.72. The van der Waals surface area contributed by atoms with E-state index in [1.54, 1.807) is 18.2 Å². The fourth-order valence-electron chi connectivity index (χ4n) is 1.49. The molecule has 0 aromatic heterocycles. The zero-order valence-corrected chi connectivity index (χ0v) is 9.57. The molecule has 1 saturated heterocycles. The van der Waals surface area contributed by atoms with E-state index in [0.717, 1.165) is 0 Å². The molecular formula is C11H12BClO3. The molecule has 2 rings (SSSR count). The molecule has 84 valence electrons. The van der Waals surface area contributed by atoms with Crippen LogP contribution in [0.15, 0.2) is 18.2 Å². The van der Waals surface area contributed by atoms with Crippen LogP contribution in [-0.2, 0) is 9.47 Å². The number of ether oxygens (including phenoxy) is 3. The van der Waals surface area contributed by atoms with Crippen molar-refractivity contribution in [2.75, 3.05) is 26.4 Å². The van der Waals surface area contributed by atoms with Crippen molar-refractivity contribution in [2.45, 2.75) is 6.10 Å². The van der Waals surface area contributed by atoms with Gasteiger partial charge in [0.25, 0.3) is 0 Å². The van der Waals surface area contributed by atoms with E-state index in [0.29, 0.717) is 42.7 Å². The Morgan fingerprint density at radius 1 is 1.38 bits per heavy atom. The van der Waals surface area contributed by atoms with E-state index in [-0.39, 0.29) is 6.10 Å². The molecule has 16 heavy (non-hydrogen) atoms. The molecule has 1 fully saturated rings. The number of rotatable bonds is 3. The summed E-state index contributed by atoms with van der Waals surface area (Å²) in [5.41, 5.74) is 0.586. The maximum absolute atomic E-state index is 5.86. The molecule has 3 nitrogen and oxygen atoms in total. The molecule has 1 aliphatic heterocycles. The Balaban J connectivity index is 1.88.